The molecule has 1 N–H and O–H groups in total. The quantitative estimate of drug-likeness (QED) is 0.494. The van der Waals surface area contributed by atoms with Gasteiger partial charge in [-0.05, 0) is 49.4 Å². The van der Waals surface area contributed by atoms with Crippen LogP contribution >= 0.6 is 22.9 Å². The lowest BCUT2D eigenvalue weighted by molar-refractivity contribution is 0.433. The highest BCUT2D eigenvalue weighted by Crippen LogP contribution is 2.34. The first-order valence-corrected chi connectivity index (χ1v) is 10.7. The van der Waals surface area contributed by atoms with Crippen LogP contribution < -0.4 is 4.72 Å². The highest BCUT2D eigenvalue weighted by atomic mass is 35.5. The van der Waals surface area contributed by atoms with Crippen molar-refractivity contribution in [2.45, 2.75) is 11.8 Å². The molecule has 4 aromatic rings. The maximum atomic E-state index is 12.7. The molecule has 0 spiro atoms. The molecular weight excluding hydrogens is 420 g/mol. The lowest BCUT2D eigenvalue weighted by Gasteiger charge is -2.05. The standard InChI is InChI=1S/C18H13ClN4O3S2/c1-11-15(28(24,25)23-16-4-2-3-9-20-16)10-14(27-11)18-21-17(22-26-18)12-5-7-13(19)8-6-12/h2-10H,1H3,(H,20,23). The van der Waals surface area contributed by atoms with Crippen molar-refractivity contribution >= 4 is 38.8 Å². The second-order valence-electron chi connectivity index (χ2n) is 5.78. The van der Waals surface area contributed by atoms with Gasteiger partial charge >= 0.3 is 0 Å². The molecule has 0 saturated carbocycles. The number of thiophene rings is 1. The van der Waals surface area contributed by atoms with E-state index in [1.54, 1.807) is 49.4 Å². The average Bonchev–Trinajstić information content (AvgIpc) is 3.30. The van der Waals surface area contributed by atoms with Crippen molar-refractivity contribution < 1.29 is 12.9 Å². The molecule has 0 unspecified atom stereocenters. The number of nitrogens with zero attached hydrogens (tertiary/aromatic N) is 3. The van der Waals surface area contributed by atoms with Gasteiger partial charge in [-0.1, -0.05) is 22.8 Å². The summed E-state index contributed by atoms with van der Waals surface area (Å²) >= 11 is 7.15. The first-order valence-electron chi connectivity index (χ1n) is 8.07. The molecule has 0 saturated heterocycles. The second-order valence-corrected chi connectivity index (χ2v) is 9.13. The van der Waals surface area contributed by atoms with E-state index in [0.717, 1.165) is 5.56 Å². The monoisotopic (exact) mass is 432 g/mol. The topological polar surface area (TPSA) is 98.0 Å². The van der Waals surface area contributed by atoms with Crippen LogP contribution in [0.2, 0.25) is 5.02 Å². The Bertz CT molecular complexity index is 1220. The van der Waals surface area contributed by atoms with Gasteiger partial charge in [-0.15, -0.1) is 11.3 Å². The average molecular weight is 433 g/mol. The first-order chi connectivity index (χ1) is 13.4. The van der Waals surface area contributed by atoms with E-state index in [9.17, 15) is 8.42 Å². The van der Waals surface area contributed by atoms with Crippen molar-refractivity contribution in [2.75, 3.05) is 4.72 Å². The summed E-state index contributed by atoms with van der Waals surface area (Å²) in [4.78, 5) is 9.66. The van der Waals surface area contributed by atoms with E-state index in [1.807, 2.05) is 0 Å². The van der Waals surface area contributed by atoms with Gasteiger partial charge in [0.15, 0.2) is 0 Å². The molecule has 4 rings (SSSR count). The summed E-state index contributed by atoms with van der Waals surface area (Å²) in [5, 5.41) is 4.57. The Hall–Kier alpha value is -2.75. The molecule has 0 aliphatic heterocycles. The van der Waals surface area contributed by atoms with Gasteiger partial charge in [-0.2, -0.15) is 4.98 Å². The third-order valence-electron chi connectivity index (χ3n) is 3.80. The Kier molecular flexibility index (Phi) is 4.88. The number of halogens is 1. The van der Waals surface area contributed by atoms with Crippen LogP contribution in [0.5, 0.6) is 0 Å². The van der Waals surface area contributed by atoms with Gasteiger partial charge in [0, 0.05) is 21.7 Å². The number of pyridine rings is 1. The molecule has 7 nitrogen and oxygen atoms in total. The van der Waals surface area contributed by atoms with Gasteiger partial charge < -0.3 is 4.52 Å². The minimum atomic E-state index is -3.79. The number of rotatable bonds is 5. The summed E-state index contributed by atoms with van der Waals surface area (Å²) in [6.45, 7) is 1.72. The third kappa shape index (κ3) is 3.77. The Morgan fingerprint density at radius 2 is 1.93 bits per heavy atom. The zero-order valence-electron chi connectivity index (χ0n) is 14.5. The predicted octanol–water partition coefficient (Wildman–Crippen LogP) is 4.62. The molecule has 1 aromatic carbocycles. The molecule has 0 fully saturated rings. The molecule has 0 atom stereocenters. The van der Waals surface area contributed by atoms with Crippen LogP contribution in [0.15, 0.2) is 64.1 Å². The number of nitrogens with one attached hydrogen (secondary N) is 1. The number of hydrogen-bond acceptors (Lipinski definition) is 7. The Labute approximate surface area is 170 Å². The van der Waals surface area contributed by atoms with Crippen LogP contribution in [-0.4, -0.2) is 23.5 Å². The van der Waals surface area contributed by atoms with Crippen molar-refractivity contribution in [1.29, 1.82) is 0 Å². The molecule has 0 amide bonds. The van der Waals surface area contributed by atoms with Crippen LogP contribution in [0.4, 0.5) is 5.82 Å². The molecule has 28 heavy (non-hydrogen) atoms. The summed E-state index contributed by atoms with van der Waals surface area (Å²) < 4.78 is 33.2. The van der Waals surface area contributed by atoms with Gasteiger partial charge in [0.25, 0.3) is 15.9 Å². The Morgan fingerprint density at radius 1 is 1.14 bits per heavy atom. The molecule has 10 heteroatoms. The minimum Gasteiger partial charge on any atom is -0.333 e. The van der Waals surface area contributed by atoms with E-state index in [0.29, 0.717) is 20.6 Å². The van der Waals surface area contributed by atoms with Crippen molar-refractivity contribution in [3.05, 3.63) is 64.6 Å². The number of aromatic nitrogens is 3. The van der Waals surface area contributed by atoms with E-state index < -0.39 is 10.0 Å². The van der Waals surface area contributed by atoms with E-state index in [2.05, 4.69) is 19.8 Å². The van der Waals surface area contributed by atoms with Crippen LogP contribution in [0, 0.1) is 6.92 Å². The lowest BCUT2D eigenvalue weighted by atomic mass is 10.2. The fourth-order valence-electron chi connectivity index (χ4n) is 2.49. The van der Waals surface area contributed by atoms with Gasteiger partial charge in [-0.25, -0.2) is 13.4 Å². The van der Waals surface area contributed by atoms with Crippen molar-refractivity contribution in [1.82, 2.24) is 15.1 Å². The summed E-state index contributed by atoms with van der Waals surface area (Å²) in [7, 11) is -3.79. The maximum Gasteiger partial charge on any atom is 0.268 e. The number of sulfonamides is 1. The highest BCUT2D eigenvalue weighted by molar-refractivity contribution is 7.93. The smallest absolute Gasteiger partial charge is 0.268 e. The molecule has 0 bridgehead atoms. The molecule has 0 aliphatic rings. The lowest BCUT2D eigenvalue weighted by Crippen LogP contribution is -2.13. The van der Waals surface area contributed by atoms with Crippen LogP contribution in [-0.2, 0) is 10.0 Å². The van der Waals surface area contributed by atoms with E-state index in [4.69, 9.17) is 16.1 Å². The number of aryl methyl sites for hydroxylation is 1. The molecule has 3 aromatic heterocycles. The fourth-order valence-corrected chi connectivity index (χ4v) is 5.14. The summed E-state index contributed by atoms with van der Waals surface area (Å²) in [6.07, 6.45) is 1.51. The van der Waals surface area contributed by atoms with Crippen molar-refractivity contribution in [3.8, 4) is 22.2 Å². The van der Waals surface area contributed by atoms with Crippen LogP contribution in [0.25, 0.3) is 22.2 Å². The fraction of sp³-hybridized carbons (Fsp3) is 0.0556. The largest absolute Gasteiger partial charge is 0.333 e. The molecule has 142 valence electrons. The molecule has 0 radical (unpaired) electrons. The number of benzene rings is 1. The molecular formula is C18H13ClN4O3S2. The van der Waals surface area contributed by atoms with E-state index in [-0.39, 0.29) is 16.6 Å². The zero-order valence-corrected chi connectivity index (χ0v) is 16.8. The van der Waals surface area contributed by atoms with E-state index >= 15 is 0 Å². The van der Waals surface area contributed by atoms with Gasteiger partial charge in [0.2, 0.25) is 5.82 Å². The zero-order chi connectivity index (χ0) is 19.7. The first kappa shape index (κ1) is 18.6. The third-order valence-corrected chi connectivity index (χ3v) is 6.71. The number of anilines is 1. The van der Waals surface area contributed by atoms with Gasteiger partial charge in [0.05, 0.1) is 4.88 Å². The SMILES string of the molecule is Cc1sc(-c2nc(-c3ccc(Cl)cc3)no2)cc1S(=O)(=O)Nc1ccccn1. The molecule has 0 aliphatic carbocycles. The second kappa shape index (κ2) is 7.34. The number of hydrogen-bond donors (Lipinski definition) is 1. The van der Waals surface area contributed by atoms with Crippen LogP contribution in [0.3, 0.4) is 0 Å². The molecule has 3 heterocycles. The van der Waals surface area contributed by atoms with Crippen LogP contribution in [0.1, 0.15) is 4.88 Å². The Morgan fingerprint density at radius 3 is 2.64 bits per heavy atom. The Balaban J connectivity index is 1.64. The summed E-state index contributed by atoms with van der Waals surface area (Å²) in [5.74, 6) is 0.892. The predicted molar refractivity (Wildman–Crippen MR) is 108 cm³/mol. The normalized spacial score (nSPS) is 11.5. The summed E-state index contributed by atoms with van der Waals surface area (Å²) in [5.41, 5.74) is 0.748. The van der Waals surface area contributed by atoms with E-state index in [1.165, 1.54) is 23.6 Å². The van der Waals surface area contributed by atoms with Gasteiger partial charge in [-0.3, -0.25) is 4.72 Å². The van der Waals surface area contributed by atoms with Crippen molar-refractivity contribution in [3.63, 3.8) is 0 Å². The highest BCUT2D eigenvalue weighted by Gasteiger charge is 2.23. The minimum absolute atomic E-state index is 0.143. The summed E-state index contributed by atoms with van der Waals surface area (Å²) in [6, 6.07) is 13.5. The maximum absolute atomic E-state index is 12.7. The van der Waals surface area contributed by atoms with Crippen molar-refractivity contribution in [2.24, 2.45) is 0 Å². The van der Waals surface area contributed by atoms with Gasteiger partial charge in [0.1, 0.15) is 10.7 Å².